The fraction of sp³-hybridized carbons (Fsp3) is 0.500. The maximum Gasteiger partial charge on any atom is 0.261 e. The molecule has 2 rings (SSSR count). The number of nitrogens with zero attached hydrogens (tertiary/aromatic N) is 4. The van der Waals surface area contributed by atoms with E-state index in [1.807, 2.05) is 13.8 Å². The molecule has 0 aromatic carbocycles. The van der Waals surface area contributed by atoms with Gasteiger partial charge in [0.05, 0.1) is 12.2 Å². The van der Waals surface area contributed by atoms with Gasteiger partial charge in [-0.2, -0.15) is 0 Å². The lowest BCUT2D eigenvalue weighted by Crippen LogP contribution is -2.17. The van der Waals surface area contributed by atoms with Crippen LogP contribution in [0.25, 0.3) is 10.8 Å². The van der Waals surface area contributed by atoms with E-state index in [9.17, 15) is 0 Å². The molecule has 0 spiro atoms. The van der Waals surface area contributed by atoms with Gasteiger partial charge in [0.2, 0.25) is 5.89 Å². The van der Waals surface area contributed by atoms with Gasteiger partial charge in [-0.05, 0) is 25.0 Å². The Morgan fingerprint density at radius 1 is 1.53 bits per heavy atom. The first-order valence-corrected chi connectivity index (χ1v) is 5.43. The molecule has 2 heterocycles. The van der Waals surface area contributed by atoms with E-state index in [0.717, 1.165) is 11.4 Å². The summed E-state index contributed by atoms with van der Waals surface area (Å²) in [6.07, 6.45) is 1.61. The molecule has 0 aliphatic rings. The van der Waals surface area contributed by atoms with E-state index in [2.05, 4.69) is 25.1 Å². The van der Waals surface area contributed by atoms with Crippen molar-refractivity contribution in [1.29, 1.82) is 0 Å². The van der Waals surface area contributed by atoms with Gasteiger partial charge in [-0.15, -0.1) is 15.3 Å². The summed E-state index contributed by atoms with van der Waals surface area (Å²) in [4.78, 5) is 0.789. The predicted octanol–water partition coefficient (Wildman–Crippen LogP) is 1.26. The van der Waals surface area contributed by atoms with Crippen LogP contribution in [-0.4, -0.2) is 26.3 Å². The minimum Gasteiger partial charge on any atom is -0.418 e. The molecule has 2 aromatic heterocycles. The molecule has 0 aliphatic heterocycles. The molecule has 7 heteroatoms. The van der Waals surface area contributed by atoms with Crippen LogP contribution in [0, 0.1) is 0 Å². The normalized spacial score (nSPS) is 12.9. The van der Waals surface area contributed by atoms with Crippen LogP contribution < -0.4 is 5.32 Å². The molecule has 15 heavy (non-hydrogen) atoms. The minimum absolute atomic E-state index is 0.0668. The maximum atomic E-state index is 5.49. The van der Waals surface area contributed by atoms with Crippen LogP contribution in [0.15, 0.2) is 10.6 Å². The average molecular weight is 225 g/mol. The van der Waals surface area contributed by atoms with Crippen LogP contribution in [0.1, 0.15) is 25.8 Å². The lowest BCUT2D eigenvalue weighted by Gasteiger charge is -2.05. The Balaban J connectivity index is 2.17. The second-order valence-electron chi connectivity index (χ2n) is 3.01. The van der Waals surface area contributed by atoms with Crippen molar-refractivity contribution >= 4 is 11.5 Å². The largest absolute Gasteiger partial charge is 0.418 e. The van der Waals surface area contributed by atoms with Gasteiger partial charge in [0, 0.05) is 0 Å². The standard InChI is InChI=1S/C8H11N5OS/c1-3-9-5(2)7-11-12-8(14-7)6-4-10-13-15-6/h4-5,9H,3H2,1-2H3. The molecule has 0 bridgehead atoms. The Bertz CT molecular complexity index is 412. The monoisotopic (exact) mass is 225 g/mol. The summed E-state index contributed by atoms with van der Waals surface area (Å²) in [7, 11) is 0. The SMILES string of the molecule is CCNC(C)c1nnc(-c2cnns2)o1. The van der Waals surface area contributed by atoms with Gasteiger partial charge in [0.25, 0.3) is 5.89 Å². The topological polar surface area (TPSA) is 76.7 Å². The second kappa shape index (κ2) is 4.45. The van der Waals surface area contributed by atoms with Crippen LogP contribution in [0.3, 0.4) is 0 Å². The van der Waals surface area contributed by atoms with Gasteiger partial charge in [-0.1, -0.05) is 11.4 Å². The van der Waals surface area contributed by atoms with Crippen molar-refractivity contribution in [1.82, 2.24) is 25.1 Å². The molecule has 0 radical (unpaired) electrons. The van der Waals surface area contributed by atoms with E-state index in [1.54, 1.807) is 6.20 Å². The van der Waals surface area contributed by atoms with Crippen molar-refractivity contribution in [3.05, 3.63) is 12.1 Å². The summed E-state index contributed by atoms with van der Waals surface area (Å²) in [6, 6.07) is 0.0668. The Morgan fingerprint density at radius 3 is 3.07 bits per heavy atom. The molecule has 2 aromatic rings. The fourth-order valence-corrected chi connectivity index (χ4v) is 1.60. The molecule has 80 valence electrons. The van der Waals surface area contributed by atoms with E-state index in [1.165, 1.54) is 11.5 Å². The van der Waals surface area contributed by atoms with Crippen LogP contribution in [-0.2, 0) is 0 Å². The van der Waals surface area contributed by atoms with Crippen LogP contribution in [0.5, 0.6) is 0 Å². The predicted molar refractivity (Wildman–Crippen MR) is 55.3 cm³/mol. The summed E-state index contributed by atoms with van der Waals surface area (Å²) in [5.74, 6) is 1.06. The van der Waals surface area contributed by atoms with Crippen molar-refractivity contribution in [2.45, 2.75) is 19.9 Å². The summed E-state index contributed by atoms with van der Waals surface area (Å²) < 4.78 is 9.23. The van der Waals surface area contributed by atoms with Crippen LogP contribution in [0.4, 0.5) is 0 Å². The van der Waals surface area contributed by atoms with Gasteiger partial charge in [-0.3, -0.25) is 0 Å². The Morgan fingerprint density at radius 2 is 2.40 bits per heavy atom. The molecule has 6 nitrogen and oxygen atoms in total. The van der Waals surface area contributed by atoms with E-state index in [4.69, 9.17) is 4.42 Å². The number of rotatable bonds is 4. The van der Waals surface area contributed by atoms with Gasteiger partial charge in [-0.25, -0.2) is 0 Å². The zero-order valence-corrected chi connectivity index (χ0v) is 9.28. The molecule has 1 unspecified atom stereocenters. The van der Waals surface area contributed by atoms with Crippen molar-refractivity contribution in [2.75, 3.05) is 6.54 Å². The highest BCUT2D eigenvalue weighted by atomic mass is 32.1. The zero-order valence-electron chi connectivity index (χ0n) is 8.47. The molecule has 1 N–H and O–H groups in total. The highest BCUT2D eigenvalue weighted by Crippen LogP contribution is 2.21. The van der Waals surface area contributed by atoms with E-state index in [-0.39, 0.29) is 6.04 Å². The van der Waals surface area contributed by atoms with E-state index >= 15 is 0 Å². The summed E-state index contributed by atoms with van der Waals surface area (Å²) in [5.41, 5.74) is 0. The van der Waals surface area contributed by atoms with Crippen molar-refractivity contribution in [3.8, 4) is 10.8 Å². The third-order valence-corrected chi connectivity index (χ3v) is 2.55. The Labute approximate surface area is 90.9 Å². The van der Waals surface area contributed by atoms with Crippen molar-refractivity contribution in [3.63, 3.8) is 0 Å². The average Bonchev–Trinajstić information content (AvgIpc) is 2.89. The third-order valence-electron chi connectivity index (χ3n) is 1.89. The van der Waals surface area contributed by atoms with Gasteiger partial charge >= 0.3 is 0 Å². The lowest BCUT2D eigenvalue weighted by molar-refractivity contribution is 0.429. The zero-order chi connectivity index (χ0) is 10.7. The molecule has 0 saturated heterocycles. The van der Waals surface area contributed by atoms with Crippen LogP contribution >= 0.6 is 11.5 Å². The lowest BCUT2D eigenvalue weighted by atomic mass is 10.3. The second-order valence-corrected chi connectivity index (χ2v) is 3.79. The smallest absolute Gasteiger partial charge is 0.261 e. The Kier molecular flexibility index (Phi) is 3.02. The maximum absolute atomic E-state index is 5.49. The van der Waals surface area contributed by atoms with Crippen molar-refractivity contribution < 1.29 is 4.42 Å². The molecular weight excluding hydrogens is 214 g/mol. The summed E-state index contributed by atoms with van der Waals surface area (Å²) in [6.45, 7) is 4.87. The molecule has 0 saturated carbocycles. The first-order chi connectivity index (χ1) is 7.31. The van der Waals surface area contributed by atoms with E-state index < -0.39 is 0 Å². The first-order valence-electron chi connectivity index (χ1n) is 4.65. The molecule has 0 aliphatic carbocycles. The molecule has 1 atom stereocenters. The molecule has 0 amide bonds. The third kappa shape index (κ3) is 2.18. The highest BCUT2D eigenvalue weighted by Gasteiger charge is 2.14. The van der Waals surface area contributed by atoms with Crippen molar-refractivity contribution in [2.24, 2.45) is 0 Å². The number of hydrogen-bond donors (Lipinski definition) is 1. The first kappa shape index (κ1) is 10.2. The Hall–Kier alpha value is -1.34. The van der Waals surface area contributed by atoms with Crippen LogP contribution in [0.2, 0.25) is 0 Å². The minimum atomic E-state index is 0.0668. The summed E-state index contributed by atoms with van der Waals surface area (Å²) >= 11 is 1.24. The molecular formula is C8H11N5OS. The van der Waals surface area contributed by atoms with Gasteiger partial charge in [0.1, 0.15) is 4.88 Å². The fourth-order valence-electron chi connectivity index (χ4n) is 1.16. The number of hydrogen-bond acceptors (Lipinski definition) is 7. The number of nitrogens with one attached hydrogen (secondary N) is 1. The highest BCUT2D eigenvalue weighted by molar-refractivity contribution is 7.09. The molecule has 0 fully saturated rings. The van der Waals surface area contributed by atoms with E-state index in [0.29, 0.717) is 11.8 Å². The quantitative estimate of drug-likeness (QED) is 0.844. The van der Waals surface area contributed by atoms with Gasteiger partial charge < -0.3 is 9.73 Å². The number of aromatic nitrogens is 4. The summed E-state index contributed by atoms with van der Waals surface area (Å²) in [5, 5.41) is 14.8. The van der Waals surface area contributed by atoms with Gasteiger partial charge in [0.15, 0.2) is 0 Å².